The zero-order chi connectivity index (χ0) is 10.6. The Hall–Kier alpha value is -0.340. The van der Waals surface area contributed by atoms with Crippen LogP contribution in [0.5, 0.6) is 0 Å². The van der Waals surface area contributed by atoms with Crippen LogP contribution in [-0.4, -0.2) is 0 Å². The SMILES string of the molecule is CCc1ccsc1C(N)CCC(C)C. The van der Waals surface area contributed by atoms with Crippen LogP contribution in [0, 0.1) is 5.92 Å². The van der Waals surface area contributed by atoms with Gasteiger partial charge < -0.3 is 5.73 Å². The highest BCUT2D eigenvalue weighted by molar-refractivity contribution is 7.10. The van der Waals surface area contributed by atoms with Crippen molar-refractivity contribution in [1.29, 1.82) is 0 Å². The van der Waals surface area contributed by atoms with Crippen LogP contribution in [-0.2, 0) is 6.42 Å². The minimum Gasteiger partial charge on any atom is -0.323 e. The Bertz CT molecular complexity index is 265. The van der Waals surface area contributed by atoms with Crippen molar-refractivity contribution in [2.24, 2.45) is 11.7 Å². The maximum Gasteiger partial charge on any atom is 0.0392 e. The Balaban J connectivity index is 2.55. The molecule has 0 aromatic carbocycles. The Morgan fingerprint density at radius 1 is 1.36 bits per heavy atom. The molecule has 2 heteroatoms. The summed E-state index contributed by atoms with van der Waals surface area (Å²) in [5.74, 6) is 0.756. The van der Waals surface area contributed by atoms with Gasteiger partial charge in [0.25, 0.3) is 0 Å². The van der Waals surface area contributed by atoms with Gasteiger partial charge in [0.05, 0.1) is 0 Å². The van der Waals surface area contributed by atoms with Gasteiger partial charge in [-0.2, -0.15) is 0 Å². The molecule has 0 saturated carbocycles. The predicted molar refractivity (Wildman–Crippen MR) is 64.7 cm³/mol. The summed E-state index contributed by atoms with van der Waals surface area (Å²) < 4.78 is 0. The maximum absolute atomic E-state index is 6.17. The molecule has 1 aromatic rings. The van der Waals surface area contributed by atoms with Crippen molar-refractivity contribution in [3.63, 3.8) is 0 Å². The second-order valence-electron chi connectivity index (χ2n) is 4.24. The van der Waals surface area contributed by atoms with E-state index in [9.17, 15) is 0 Å². The molecule has 1 rings (SSSR count). The fraction of sp³-hybridized carbons (Fsp3) is 0.667. The van der Waals surface area contributed by atoms with E-state index in [2.05, 4.69) is 32.2 Å². The van der Waals surface area contributed by atoms with Crippen molar-refractivity contribution in [3.05, 3.63) is 21.9 Å². The van der Waals surface area contributed by atoms with Crippen LogP contribution in [0.3, 0.4) is 0 Å². The molecular weight excluding hydrogens is 190 g/mol. The molecule has 1 aromatic heterocycles. The fourth-order valence-electron chi connectivity index (χ4n) is 1.61. The van der Waals surface area contributed by atoms with E-state index in [1.807, 2.05) is 11.3 Å². The zero-order valence-corrected chi connectivity index (χ0v) is 10.2. The summed E-state index contributed by atoms with van der Waals surface area (Å²) in [6.45, 7) is 6.70. The average molecular weight is 211 g/mol. The van der Waals surface area contributed by atoms with Crippen LogP contribution in [0.1, 0.15) is 50.1 Å². The third kappa shape index (κ3) is 3.10. The Morgan fingerprint density at radius 2 is 2.07 bits per heavy atom. The summed E-state index contributed by atoms with van der Waals surface area (Å²) in [5, 5.41) is 2.16. The summed E-state index contributed by atoms with van der Waals surface area (Å²) in [6, 6.07) is 2.46. The number of thiophene rings is 1. The van der Waals surface area contributed by atoms with Crippen molar-refractivity contribution < 1.29 is 0 Å². The largest absolute Gasteiger partial charge is 0.323 e. The Kier molecular flexibility index (Phi) is 4.63. The lowest BCUT2D eigenvalue weighted by Crippen LogP contribution is -2.11. The van der Waals surface area contributed by atoms with Gasteiger partial charge in [0, 0.05) is 10.9 Å². The van der Waals surface area contributed by atoms with Gasteiger partial charge >= 0.3 is 0 Å². The first kappa shape index (κ1) is 11.7. The average Bonchev–Trinajstić information content (AvgIpc) is 2.61. The molecule has 1 atom stereocenters. The molecule has 0 saturated heterocycles. The van der Waals surface area contributed by atoms with Crippen LogP contribution in [0.15, 0.2) is 11.4 Å². The molecule has 1 heterocycles. The molecule has 0 aliphatic rings. The third-order valence-electron chi connectivity index (χ3n) is 2.55. The van der Waals surface area contributed by atoms with Crippen LogP contribution >= 0.6 is 11.3 Å². The van der Waals surface area contributed by atoms with E-state index in [0.29, 0.717) is 0 Å². The van der Waals surface area contributed by atoms with E-state index in [4.69, 9.17) is 5.73 Å². The summed E-state index contributed by atoms with van der Waals surface area (Å²) in [5.41, 5.74) is 7.61. The molecule has 80 valence electrons. The summed E-state index contributed by atoms with van der Waals surface area (Å²) in [4.78, 5) is 1.40. The number of hydrogen-bond acceptors (Lipinski definition) is 2. The van der Waals surface area contributed by atoms with E-state index in [1.165, 1.54) is 16.9 Å². The lowest BCUT2D eigenvalue weighted by molar-refractivity contribution is 0.509. The summed E-state index contributed by atoms with van der Waals surface area (Å²) >= 11 is 1.81. The predicted octanol–water partition coefficient (Wildman–Crippen LogP) is 3.75. The van der Waals surface area contributed by atoms with Crippen molar-refractivity contribution in [1.82, 2.24) is 0 Å². The van der Waals surface area contributed by atoms with Crippen LogP contribution in [0.4, 0.5) is 0 Å². The Morgan fingerprint density at radius 3 is 2.64 bits per heavy atom. The third-order valence-corrected chi connectivity index (χ3v) is 3.64. The van der Waals surface area contributed by atoms with Gasteiger partial charge in [-0.25, -0.2) is 0 Å². The van der Waals surface area contributed by atoms with Gasteiger partial charge in [0.1, 0.15) is 0 Å². The van der Waals surface area contributed by atoms with Crippen molar-refractivity contribution >= 4 is 11.3 Å². The smallest absolute Gasteiger partial charge is 0.0392 e. The number of hydrogen-bond donors (Lipinski definition) is 1. The second kappa shape index (κ2) is 5.52. The molecule has 1 unspecified atom stereocenters. The molecule has 0 amide bonds. The normalized spacial score (nSPS) is 13.5. The zero-order valence-electron chi connectivity index (χ0n) is 9.42. The highest BCUT2D eigenvalue weighted by Gasteiger charge is 2.11. The van der Waals surface area contributed by atoms with Gasteiger partial charge in [0.15, 0.2) is 0 Å². The number of nitrogens with two attached hydrogens (primary N) is 1. The first-order valence-electron chi connectivity index (χ1n) is 5.47. The van der Waals surface area contributed by atoms with Gasteiger partial charge in [-0.1, -0.05) is 20.8 Å². The van der Waals surface area contributed by atoms with E-state index in [0.717, 1.165) is 18.8 Å². The quantitative estimate of drug-likeness (QED) is 0.788. The molecule has 0 radical (unpaired) electrons. The fourth-order valence-corrected chi connectivity index (χ4v) is 2.64. The molecule has 2 N–H and O–H groups in total. The lowest BCUT2D eigenvalue weighted by Gasteiger charge is -2.13. The maximum atomic E-state index is 6.17. The van der Waals surface area contributed by atoms with Gasteiger partial charge in [0.2, 0.25) is 0 Å². The lowest BCUT2D eigenvalue weighted by atomic mass is 10.0. The minimum atomic E-state index is 0.257. The molecule has 0 bridgehead atoms. The number of aryl methyl sites for hydroxylation is 1. The molecule has 0 aliphatic heterocycles. The van der Waals surface area contributed by atoms with Gasteiger partial charge in [-0.05, 0) is 42.2 Å². The summed E-state index contributed by atoms with van der Waals surface area (Å²) in [6.07, 6.45) is 3.45. The van der Waals surface area contributed by atoms with E-state index in [1.54, 1.807) is 0 Å². The first-order valence-corrected chi connectivity index (χ1v) is 6.35. The summed E-state index contributed by atoms with van der Waals surface area (Å²) in [7, 11) is 0. The van der Waals surface area contributed by atoms with Gasteiger partial charge in [-0.15, -0.1) is 11.3 Å². The first-order chi connectivity index (χ1) is 6.65. The standard InChI is InChI=1S/C12H21NS/c1-4-10-7-8-14-12(10)11(13)6-5-9(2)3/h7-9,11H,4-6,13H2,1-3H3. The van der Waals surface area contributed by atoms with Crippen molar-refractivity contribution in [3.8, 4) is 0 Å². The van der Waals surface area contributed by atoms with Crippen LogP contribution < -0.4 is 5.73 Å². The van der Waals surface area contributed by atoms with Gasteiger partial charge in [-0.3, -0.25) is 0 Å². The monoisotopic (exact) mass is 211 g/mol. The van der Waals surface area contributed by atoms with Crippen molar-refractivity contribution in [2.75, 3.05) is 0 Å². The number of rotatable bonds is 5. The molecule has 14 heavy (non-hydrogen) atoms. The topological polar surface area (TPSA) is 26.0 Å². The molecule has 1 nitrogen and oxygen atoms in total. The molecular formula is C12H21NS. The van der Waals surface area contributed by atoms with Crippen LogP contribution in [0.25, 0.3) is 0 Å². The minimum absolute atomic E-state index is 0.257. The molecule has 0 spiro atoms. The molecule has 0 fully saturated rings. The van der Waals surface area contributed by atoms with E-state index < -0.39 is 0 Å². The van der Waals surface area contributed by atoms with E-state index in [-0.39, 0.29) is 6.04 Å². The Labute approximate surface area is 91.3 Å². The van der Waals surface area contributed by atoms with E-state index >= 15 is 0 Å². The highest BCUT2D eigenvalue weighted by Crippen LogP contribution is 2.27. The van der Waals surface area contributed by atoms with Crippen molar-refractivity contribution in [2.45, 2.75) is 46.1 Å². The molecule has 0 aliphatic carbocycles. The highest BCUT2D eigenvalue weighted by atomic mass is 32.1. The van der Waals surface area contributed by atoms with Crippen LogP contribution in [0.2, 0.25) is 0 Å². The second-order valence-corrected chi connectivity index (χ2v) is 5.19.